The third-order valence-electron chi connectivity index (χ3n) is 4.41. The minimum atomic E-state index is -0.621. The lowest BCUT2D eigenvalue weighted by atomic mass is 10.1. The highest BCUT2D eigenvalue weighted by atomic mass is 32.1. The molecule has 2 heterocycles. The van der Waals surface area contributed by atoms with Crippen LogP contribution >= 0.6 is 11.3 Å². The van der Waals surface area contributed by atoms with Gasteiger partial charge in [-0.1, -0.05) is 6.07 Å². The summed E-state index contributed by atoms with van der Waals surface area (Å²) in [5.74, 6) is 0.452. The molecule has 1 aromatic carbocycles. The van der Waals surface area contributed by atoms with Crippen LogP contribution in [0.3, 0.4) is 0 Å². The molecule has 1 atom stereocenters. The molecule has 1 N–H and O–H groups in total. The lowest BCUT2D eigenvalue weighted by Gasteiger charge is -2.14. The highest BCUT2D eigenvalue weighted by molar-refractivity contribution is 7.14. The summed E-state index contributed by atoms with van der Waals surface area (Å²) in [6, 6.07) is 5.79. The van der Waals surface area contributed by atoms with Gasteiger partial charge in [0.05, 0.1) is 11.9 Å². The van der Waals surface area contributed by atoms with Crippen LogP contribution in [0.1, 0.15) is 23.7 Å². The monoisotopic (exact) mass is 370 g/mol. The van der Waals surface area contributed by atoms with Crippen molar-refractivity contribution in [1.29, 1.82) is 0 Å². The van der Waals surface area contributed by atoms with Gasteiger partial charge in [0.1, 0.15) is 5.75 Å². The Morgan fingerprint density at radius 1 is 1.27 bits per heavy atom. The number of ether oxygens (including phenoxy) is 1. The summed E-state index contributed by atoms with van der Waals surface area (Å²) in [5.41, 5.74) is 5.11. The van der Waals surface area contributed by atoms with Gasteiger partial charge in [-0.3, -0.25) is 14.8 Å². The van der Waals surface area contributed by atoms with Crippen LogP contribution in [0.4, 0.5) is 5.13 Å². The molecule has 136 valence electrons. The van der Waals surface area contributed by atoms with E-state index in [1.165, 1.54) is 16.9 Å². The number of carbonyl (C=O) groups is 1. The van der Waals surface area contributed by atoms with Gasteiger partial charge in [-0.2, -0.15) is 5.10 Å². The summed E-state index contributed by atoms with van der Waals surface area (Å²) in [6.07, 6.45) is 1.16. The second-order valence-electron chi connectivity index (χ2n) is 6.30. The number of hydrogen-bond acceptors (Lipinski definition) is 5. The van der Waals surface area contributed by atoms with Gasteiger partial charge in [-0.05, 0) is 51.0 Å². The average molecular weight is 370 g/mol. The number of amides is 1. The SMILES string of the molecule is Cc1ccc(O[C@@H](C)C(=O)Nc2nc(-c3cnn(C)c3C)cs2)cc1C. The zero-order valence-corrected chi connectivity index (χ0v) is 16.3. The summed E-state index contributed by atoms with van der Waals surface area (Å²) in [6.45, 7) is 7.77. The first-order chi connectivity index (χ1) is 12.3. The van der Waals surface area contributed by atoms with Crippen LogP contribution in [0.5, 0.6) is 5.75 Å². The summed E-state index contributed by atoms with van der Waals surface area (Å²) < 4.78 is 7.55. The van der Waals surface area contributed by atoms with E-state index < -0.39 is 6.10 Å². The van der Waals surface area contributed by atoms with E-state index in [9.17, 15) is 4.79 Å². The molecule has 0 bridgehead atoms. The summed E-state index contributed by atoms with van der Waals surface area (Å²) >= 11 is 1.38. The van der Waals surface area contributed by atoms with Gasteiger partial charge >= 0.3 is 0 Å². The third kappa shape index (κ3) is 3.77. The standard InChI is InChI=1S/C19H22N4O2S/c1-11-6-7-15(8-12(11)2)25-14(4)18(24)22-19-21-17(10-26-19)16-9-20-23(5)13(16)3/h6-10,14H,1-5H3,(H,21,22,24)/t14-/m0/s1. The maximum atomic E-state index is 12.4. The van der Waals surface area contributed by atoms with Gasteiger partial charge in [0.15, 0.2) is 11.2 Å². The highest BCUT2D eigenvalue weighted by Gasteiger charge is 2.18. The molecule has 0 aliphatic carbocycles. The van der Waals surface area contributed by atoms with Crippen molar-refractivity contribution in [3.63, 3.8) is 0 Å². The number of anilines is 1. The maximum Gasteiger partial charge on any atom is 0.266 e. The molecule has 0 aliphatic rings. The minimum absolute atomic E-state index is 0.230. The number of nitrogens with zero attached hydrogens (tertiary/aromatic N) is 3. The number of nitrogens with one attached hydrogen (secondary N) is 1. The van der Waals surface area contributed by atoms with Crippen LogP contribution in [-0.4, -0.2) is 26.8 Å². The fourth-order valence-electron chi connectivity index (χ4n) is 2.46. The molecule has 7 heteroatoms. The van der Waals surface area contributed by atoms with E-state index in [4.69, 9.17) is 4.74 Å². The van der Waals surface area contributed by atoms with Crippen molar-refractivity contribution in [1.82, 2.24) is 14.8 Å². The summed E-state index contributed by atoms with van der Waals surface area (Å²) in [7, 11) is 1.89. The van der Waals surface area contributed by atoms with Crippen LogP contribution in [-0.2, 0) is 11.8 Å². The van der Waals surface area contributed by atoms with E-state index in [-0.39, 0.29) is 5.91 Å². The predicted molar refractivity (Wildman–Crippen MR) is 104 cm³/mol. The van der Waals surface area contributed by atoms with Gasteiger partial charge in [0.2, 0.25) is 0 Å². The Morgan fingerprint density at radius 3 is 2.69 bits per heavy atom. The smallest absolute Gasteiger partial charge is 0.266 e. The number of aromatic nitrogens is 3. The van der Waals surface area contributed by atoms with Crippen molar-refractivity contribution in [3.05, 3.63) is 46.6 Å². The Labute approximate surface area is 156 Å². The Hall–Kier alpha value is -2.67. The Bertz CT molecular complexity index is 945. The van der Waals surface area contributed by atoms with Crippen LogP contribution in [0.15, 0.2) is 29.8 Å². The first-order valence-corrected chi connectivity index (χ1v) is 9.22. The number of hydrogen-bond donors (Lipinski definition) is 1. The fraction of sp³-hybridized carbons (Fsp3) is 0.316. The zero-order chi connectivity index (χ0) is 18.8. The Balaban J connectivity index is 1.66. The highest BCUT2D eigenvalue weighted by Crippen LogP contribution is 2.27. The maximum absolute atomic E-state index is 12.4. The van der Waals surface area contributed by atoms with Crippen molar-refractivity contribution in [2.75, 3.05) is 5.32 Å². The molecule has 3 rings (SSSR count). The second-order valence-corrected chi connectivity index (χ2v) is 7.16. The number of rotatable bonds is 5. The van der Waals surface area contributed by atoms with Crippen molar-refractivity contribution in [2.24, 2.45) is 7.05 Å². The van der Waals surface area contributed by atoms with Gasteiger partial charge in [0, 0.05) is 23.7 Å². The Morgan fingerprint density at radius 2 is 2.04 bits per heavy atom. The van der Waals surface area contributed by atoms with E-state index in [0.29, 0.717) is 10.9 Å². The largest absolute Gasteiger partial charge is 0.481 e. The van der Waals surface area contributed by atoms with Crippen LogP contribution in [0, 0.1) is 20.8 Å². The summed E-state index contributed by atoms with van der Waals surface area (Å²) in [5, 5.41) is 9.50. The van der Waals surface area contributed by atoms with Gasteiger partial charge < -0.3 is 4.74 Å². The van der Waals surface area contributed by atoms with Gasteiger partial charge in [-0.25, -0.2) is 4.98 Å². The molecule has 0 saturated carbocycles. The van der Waals surface area contributed by atoms with E-state index in [0.717, 1.165) is 22.5 Å². The molecule has 6 nitrogen and oxygen atoms in total. The quantitative estimate of drug-likeness (QED) is 0.740. The molecule has 1 amide bonds. The molecule has 0 saturated heterocycles. The molecule has 0 fully saturated rings. The van der Waals surface area contributed by atoms with Crippen molar-refractivity contribution >= 4 is 22.4 Å². The first kappa shape index (κ1) is 18.1. The molecular formula is C19H22N4O2S. The number of thiazole rings is 1. The third-order valence-corrected chi connectivity index (χ3v) is 5.16. The van der Waals surface area contributed by atoms with Crippen LogP contribution in [0.25, 0.3) is 11.3 Å². The van der Waals surface area contributed by atoms with Crippen LogP contribution in [0.2, 0.25) is 0 Å². The molecule has 2 aromatic heterocycles. The Kier molecular flexibility index (Phi) is 5.08. The fourth-order valence-corrected chi connectivity index (χ4v) is 3.17. The molecule has 0 spiro atoms. The normalized spacial score (nSPS) is 12.0. The lowest BCUT2D eigenvalue weighted by Crippen LogP contribution is -2.30. The molecule has 26 heavy (non-hydrogen) atoms. The number of benzene rings is 1. The molecular weight excluding hydrogens is 348 g/mol. The van der Waals surface area contributed by atoms with E-state index in [1.54, 1.807) is 17.8 Å². The topological polar surface area (TPSA) is 69.0 Å². The summed E-state index contributed by atoms with van der Waals surface area (Å²) in [4.78, 5) is 16.9. The van der Waals surface area contributed by atoms with Crippen molar-refractivity contribution in [3.8, 4) is 17.0 Å². The van der Waals surface area contributed by atoms with Crippen molar-refractivity contribution in [2.45, 2.75) is 33.8 Å². The number of aryl methyl sites for hydroxylation is 3. The van der Waals surface area contributed by atoms with Gasteiger partial charge in [-0.15, -0.1) is 11.3 Å². The minimum Gasteiger partial charge on any atom is -0.481 e. The van der Waals surface area contributed by atoms with Crippen molar-refractivity contribution < 1.29 is 9.53 Å². The molecule has 0 aliphatic heterocycles. The van der Waals surface area contributed by atoms with E-state index >= 15 is 0 Å². The molecule has 0 radical (unpaired) electrons. The first-order valence-electron chi connectivity index (χ1n) is 8.34. The molecule has 3 aromatic rings. The van der Waals surface area contributed by atoms with E-state index in [1.807, 2.05) is 51.4 Å². The average Bonchev–Trinajstić information content (AvgIpc) is 3.18. The van der Waals surface area contributed by atoms with Gasteiger partial charge in [0.25, 0.3) is 5.91 Å². The zero-order valence-electron chi connectivity index (χ0n) is 15.5. The number of carbonyl (C=O) groups excluding carboxylic acids is 1. The lowest BCUT2D eigenvalue weighted by molar-refractivity contribution is -0.122. The van der Waals surface area contributed by atoms with E-state index in [2.05, 4.69) is 15.4 Å². The second kappa shape index (κ2) is 7.29. The molecule has 0 unspecified atom stereocenters. The van der Waals surface area contributed by atoms with Crippen LogP contribution < -0.4 is 10.1 Å². The predicted octanol–water partition coefficient (Wildman–Crippen LogP) is 3.87.